The fourth-order valence-corrected chi connectivity index (χ4v) is 2.27. The number of likely N-dealkylation sites (N-methyl/N-ethyl adjacent to an activating group) is 1. The summed E-state index contributed by atoms with van der Waals surface area (Å²) in [5.41, 5.74) is 1.72. The molecule has 0 unspecified atom stereocenters. The number of ether oxygens (including phenoxy) is 1. The Balaban J connectivity index is 2.13. The van der Waals surface area contributed by atoms with Crippen molar-refractivity contribution in [2.75, 3.05) is 27.7 Å². The maximum absolute atomic E-state index is 12.4. The molecule has 2 aromatic rings. The fourth-order valence-electron chi connectivity index (χ4n) is 2.27. The Morgan fingerprint density at radius 1 is 1.09 bits per heavy atom. The van der Waals surface area contributed by atoms with Crippen molar-refractivity contribution in [2.24, 2.45) is 0 Å². The number of amides is 1. The summed E-state index contributed by atoms with van der Waals surface area (Å²) in [6.45, 7) is 0.742. The Morgan fingerprint density at radius 2 is 1.73 bits per heavy atom. The average molecular weight is 298 g/mol. The second kappa shape index (κ2) is 7.61. The van der Waals surface area contributed by atoms with E-state index in [2.05, 4.69) is 10.2 Å². The number of carbonyl (C=O) groups is 1. The van der Waals surface area contributed by atoms with Gasteiger partial charge in [-0.05, 0) is 43.9 Å². The third-order valence-electron chi connectivity index (χ3n) is 3.41. The highest BCUT2D eigenvalue weighted by molar-refractivity contribution is 5.94. The van der Waals surface area contributed by atoms with E-state index in [0.717, 1.165) is 17.9 Å². The van der Waals surface area contributed by atoms with Crippen LogP contribution in [0.2, 0.25) is 0 Å². The molecule has 1 N–H and O–H groups in total. The molecule has 0 saturated carbocycles. The van der Waals surface area contributed by atoms with Gasteiger partial charge in [0.25, 0.3) is 5.91 Å². The second-order valence-electron chi connectivity index (χ2n) is 5.43. The highest BCUT2D eigenvalue weighted by atomic mass is 16.5. The topological polar surface area (TPSA) is 41.6 Å². The number of hydrogen-bond donors (Lipinski definition) is 1. The first-order valence-corrected chi connectivity index (χ1v) is 7.24. The predicted octanol–water partition coefficient (Wildman–Crippen LogP) is 2.73. The van der Waals surface area contributed by atoms with Crippen molar-refractivity contribution >= 4 is 5.91 Å². The average Bonchev–Trinajstić information content (AvgIpc) is 2.54. The molecule has 1 atom stereocenters. The molecule has 0 aliphatic heterocycles. The standard InChI is InChI=1S/C18H22N2O2/c1-20(2)13-17(14-7-5-4-6-8-14)19-18(21)15-9-11-16(22-3)12-10-15/h4-12,17H,13H2,1-3H3,(H,19,21)/t17-/m0/s1. The van der Waals surface area contributed by atoms with Gasteiger partial charge in [-0.1, -0.05) is 30.3 Å². The minimum Gasteiger partial charge on any atom is -0.497 e. The van der Waals surface area contributed by atoms with Crippen LogP contribution in [0.5, 0.6) is 5.75 Å². The van der Waals surface area contributed by atoms with Crippen LogP contribution in [0.4, 0.5) is 0 Å². The van der Waals surface area contributed by atoms with Gasteiger partial charge in [0.2, 0.25) is 0 Å². The lowest BCUT2D eigenvalue weighted by Crippen LogP contribution is -2.35. The van der Waals surface area contributed by atoms with Crippen molar-refractivity contribution < 1.29 is 9.53 Å². The van der Waals surface area contributed by atoms with Crippen molar-refractivity contribution in [2.45, 2.75) is 6.04 Å². The first-order valence-electron chi connectivity index (χ1n) is 7.24. The minimum absolute atomic E-state index is 0.0502. The molecule has 0 aliphatic rings. The molecule has 22 heavy (non-hydrogen) atoms. The van der Waals surface area contributed by atoms with Gasteiger partial charge in [-0.15, -0.1) is 0 Å². The van der Waals surface area contributed by atoms with Crippen LogP contribution in [0, 0.1) is 0 Å². The van der Waals surface area contributed by atoms with E-state index in [1.807, 2.05) is 44.4 Å². The normalized spacial score (nSPS) is 12.0. The summed E-state index contributed by atoms with van der Waals surface area (Å²) < 4.78 is 5.11. The summed E-state index contributed by atoms with van der Waals surface area (Å²) in [4.78, 5) is 14.5. The fraction of sp³-hybridized carbons (Fsp3) is 0.278. The molecular weight excluding hydrogens is 276 g/mol. The van der Waals surface area contributed by atoms with Gasteiger partial charge in [0.1, 0.15) is 5.75 Å². The van der Waals surface area contributed by atoms with Crippen LogP contribution in [0.1, 0.15) is 22.0 Å². The molecular formula is C18H22N2O2. The lowest BCUT2D eigenvalue weighted by Gasteiger charge is -2.23. The second-order valence-corrected chi connectivity index (χ2v) is 5.43. The predicted molar refractivity (Wildman–Crippen MR) is 88.2 cm³/mol. The van der Waals surface area contributed by atoms with Crippen molar-refractivity contribution in [1.82, 2.24) is 10.2 Å². The van der Waals surface area contributed by atoms with E-state index in [9.17, 15) is 4.79 Å². The van der Waals surface area contributed by atoms with Gasteiger partial charge >= 0.3 is 0 Å². The van der Waals surface area contributed by atoms with Gasteiger partial charge in [-0.3, -0.25) is 4.79 Å². The molecule has 0 fully saturated rings. The Kier molecular flexibility index (Phi) is 5.55. The molecule has 0 aliphatic carbocycles. The molecule has 0 bridgehead atoms. The largest absolute Gasteiger partial charge is 0.497 e. The number of nitrogens with one attached hydrogen (secondary N) is 1. The number of benzene rings is 2. The summed E-state index contributed by atoms with van der Waals surface area (Å²) in [5.74, 6) is 0.655. The smallest absolute Gasteiger partial charge is 0.251 e. The van der Waals surface area contributed by atoms with E-state index in [1.54, 1.807) is 31.4 Å². The van der Waals surface area contributed by atoms with Gasteiger partial charge in [0, 0.05) is 12.1 Å². The quantitative estimate of drug-likeness (QED) is 0.891. The highest BCUT2D eigenvalue weighted by Crippen LogP contribution is 2.16. The van der Waals surface area contributed by atoms with Gasteiger partial charge in [-0.25, -0.2) is 0 Å². The zero-order valence-corrected chi connectivity index (χ0v) is 13.2. The summed E-state index contributed by atoms with van der Waals surface area (Å²) >= 11 is 0. The van der Waals surface area contributed by atoms with Crippen LogP contribution in [-0.2, 0) is 0 Å². The van der Waals surface area contributed by atoms with Crippen molar-refractivity contribution in [1.29, 1.82) is 0 Å². The zero-order valence-electron chi connectivity index (χ0n) is 13.2. The Hall–Kier alpha value is -2.33. The van der Waals surface area contributed by atoms with E-state index in [4.69, 9.17) is 4.74 Å². The number of hydrogen-bond acceptors (Lipinski definition) is 3. The lowest BCUT2D eigenvalue weighted by atomic mass is 10.1. The Morgan fingerprint density at radius 3 is 2.27 bits per heavy atom. The molecule has 0 saturated heterocycles. The van der Waals surface area contributed by atoms with Crippen molar-refractivity contribution in [3.05, 3.63) is 65.7 Å². The molecule has 0 heterocycles. The Bertz CT molecular complexity index is 594. The summed E-state index contributed by atoms with van der Waals surface area (Å²) in [7, 11) is 5.60. The molecule has 4 nitrogen and oxygen atoms in total. The van der Waals surface area contributed by atoms with Crippen LogP contribution in [0.3, 0.4) is 0 Å². The number of carbonyl (C=O) groups excluding carboxylic acids is 1. The minimum atomic E-state index is -0.0849. The third-order valence-corrected chi connectivity index (χ3v) is 3.41. The van der Waals surface area contributed by atoms with E-state index >= 15 is 0 Å². The first-order chi connectivity index (χ1) is 10.6. The van der Waals surface area contributed by atoms with Crippen LogP contribution in [0.25, 0.3) is 0 Å². The summed E-state index contributed by atoms with van der Waals surface area (Å²) in [6.07, 6.45) is 0. The van der Waals surface area contributed by atoms with Gasteiger partial charge in [0.05, 0.1) is 13.2 Å². The lowest BCUT2D eigenvalue weighted by molar-refractivity contribution is 0.0930. The van der Waals surface area contributed by atoms with E-state index in [1.165, 1.54) is 0 Å². The van der Waals surface area contributed by atoms with Crippen LogP contribution in [0.15, 0.2) is 54.6 Å². The maximum atomic E-state index is 12.4. The zero-order chi connectivity index (χ0) is 15.9. The number of nitrogens with zero attached hydrogens (tertiary/aromatic N) is 1. The molecule has 4 heteroatoms. The summed E-state index contributed by atoms with van der Waals surface area (Å²) in [6, 6.07) is 17.1. The molecule has 0 spiro atoms. The Labute approximate surface area is 131 Å². The molecule has 1 amide bonds. The molecule has 2 aromatic carbocycles. The number of rotatable bonds is 6. The SMILES string of the molecule is COc1ccc(C(=O)N[C@@H](CN(C)C)c2ccccc2)cc1. The van der Waals surface area contributed by atoms with Gasteiger partial charge in [-0.2, -0.15) is 0 Å². The van der Waals surface area contributed by atoms with E-state index in [-0.39, 0.29) is 11.9 Å². The van der Waals surface area contributed by atoms with E-state index in [0.29, 0.717) is 5.56 Å². The highest BCUT2D eigenvalue weighted by Gasteiger charge is 2.16. The van der Waals surface area contributed by atoms with Crippen LogP contribution in [-0.4, -0.2) is 38.6 Å². The van der Waals surface area contributed by atoms with E-state index < -0.39 is 0 Å². The molecule has 116 valence electrons. The van der Waals surface area contributed by atoms with Crippen molar-refractivity contribution in [3.8, 4) is 5.75 Å². The van der Waals surface area contributed by atoms with Gasteiger partial charge in [0.15, 0.2) is 0 Å². The van der Waals surface area contributed by atoms with Gasteiger partial charge < -0.3 is 15.0 Å². The third kappa shape index (κ3) is 4.33. The van der Waals surface area contributed by atoms with Crippen LogP contribution >= 0.6 is 0 Å². The monoisotopic (exact) mass is 298 g/mol. The first kappa shape index (κ1) is 16.0. The summed E-state index contributed by atoms with van der Waals surface area (Å²) in [5, 5.41) is 3.10. The van der Waals surface area contributed by atoms with Crippen molar-refractivity contribution in [3.63, 3.8) is 0 Å². The molecule has 0 aromatic heterocycles. The number of methoxy groups -OCH3 is 1. The molecule has 0 radical (unpaired) electrons. The van der Waals surface area contributed by atoms with Crippen LogP contribution < -0.4 is 10.1 Å². The molecule has 2 rings (SSSR count). The maximum Gasteiger partial charge on any atom is 0.251 e.